The number of ether oxygens (including phenoxy) is 2. The molecule has 0 aliphatic rings. The maximum atomic E-state index is 12.1. The molecule has 1 atom stereocenters. The first kappa shape index (κ1) is 18.2. The van der Waals surface area contributed by atoms with Crippen molar-refractivity contribution in [1.82, 2.24) is 4.90 Å². The molecule has 0 bridgehead atoms. The summed E-state index contributed by atoms with van der Waals surface area (Å²) in [6, 6.07) is -0.357. The first-order valence-electron chi connectivity index (χ1n) is 6.18. The summed E-state index contributed by atoms with van der Waals surface area (Å²) >= 11 is 3.25. The normalized spacial score (nSPS) is 13.7. The molecule has 0 radical (unpaired) electrons. The smallest absolute Gasteiger partial charge is 0.420 e. The Morgan fingerprint density at radius 1 is 1.00 bits per heavy atom. The molecule has 1 unspecified atom stereocenters. The van der Waals surface area contributed by atoms with E-state index in [1.165, 1.54) is 0 Å². The van der Waals surface area contributed by atoms with Gasteiger partial charge in [-0.2, -0.15) is 0 Å². The molecule has 0 aliphatic heterocycles. The highest BCUT2D eigenvalue weighted by molar-refractivity contribution is 9.09. The van der Waals surface area contributed by atoms with E-state index < -0.39 is 23.4 Å². The summed E-state index contributed by atoms with van der Waals surface area (Å²) in [5, 5.41) is 0.450. The number of imide groups is 1. The van der Waals surface area contributed by atoms with Crippen LogP contribution in [-0.2, 0) is 9.47 Å². The van der Waals surface area contributed by atoms with Crippen molar-refractivity contribution >= 4 is 28.1 Å². The van der Waals surface area contributed by atoms with Gasteiger partial charge in [0.05, 0.1) is 6.04 Å². The zero-order valence-corrected chi connectivity index (χ0v) is 14.3. The minimum absolute atomic E-state index is 0.357. The lowest BCUT2D eigenvalue weighted by molar-refractivity contribution is -0.00388. The molecular weight excluding hydrogens is 314 g/mol. The molecule has 0 aromatic heterocycles. The highest BCUT2D eigenvalue weighted by Crippen LogP contribution is 2.17. The fraction of sp³-hybridized carbons (Fsp3) is 0.846. The van der Waals surface area contributed by atoms with Gasteiger partial charge in [0.25, 0.3) is 0 Å². The van der Waals surface area contributed by atoms with Crippen LogP contribution < -0.4 is 0 Å². The van der Waals surface area contributed by atoms with Gasteiger partial charge in [-0.3, -0.25) is 0 Å². The minimum Gasteiger partial charge on any atom is -0.443 e. The average Bonchev–Trinajstić information content (AvgIpc) is 2.11. The summed E-state index contributed by atoms with van der Waals surface area (Å²) in [7, 11) is 0. The fourth-order valence-corrected chi connectivity index (χ4v) is 1.42. The molecule has 0 rings (SSSR count). The van der Waals surface area contributed by atoms with Crippen LogP contribution in [-0.4, -0.2) is 39.7 Å². The molecule has 0 N–H and O–H groups in total. The lowest BCUT2D eigenvalue weighted by Gasteiger charge is -2.31. The predicted octanol–water partition coefficient (Wildman–Crippen LogP) is 3.94. The highest BCUT2D eigenvalue weighted by Gasteiger charge is 2.34. The van der Waals surface area contributed by atoms with Crippen molar-refractivity contribution in [1.29, 1.82) is 0 Å². The Kier molecular flexibility index (Phi) is 6.32. The van der Waals surface area contributed by atoms with Gasteiger partial charge in [0.15, 0.2) is 0 Å². The molecule has 0 aromatic carbocycles. The van der Waals surface area contributed by atoms with Crippen LogP contribution in [0.25, 0.3) is 0 Å². The number of hydrogen-bond acceptors (Lipinski definition) is 4. The van der Waals surface area contributed by atoms with Crippen molar-refractivity contribution < 1.29 is 19.1 Å². The Hall–Kier alpha value is -0.780. The summed E-state index contributed by atoms with van der Waals surface area (Å²) in [5.74, 6) is 0. The van der Waals surface area contributed by atoms with Gasteiger partial charge in [0.1, 0.15) is 11.2 Å². The van der Waals surface area contributed by atoms with E-state index in [-0.39, 0.29) is 6.04 Å². The molecule has 0 saturated heterocycles. The molecule has 0 heterocycles. The molecule has 5 nitrogen and oxygen atoms in total. The highest BCUT2D eigenvalue weighted by atomic mass is 79.9. The molecule has 6 heteroatoms. The molecule has 0 spiro atoms. The maximum Gasteiger partial charge on any atom is 0.420 e. The molecule has 112 valence electrons. The quantitative estimate of drug-likeness (QED) is 0.716. The van der Waals surface area contributed by atoms with Gasteiger partial charge in [-0.15, -0.1) is 0 Å². The largest absolute Gasteiger partial charge is 0.443 e. The third-order valence-corrected chi connectivity index (χ3v) is 2.78. The predicted molar refractivity (Wildman–Crippen MR) is 77.6 cm³/mol. The van der Waals surface area contributed by atoms with E-state index in [0.717, 1.165) is 4.90 Å². The van der Waals surface area contributed by atoms with Gasteiger partial charge in [-0.25, -0.2) is 14.5 Å². The van der Waals surface area contributed by atoms with Crippen LogP contribution in [0.3, 0.4) is 0 Å². The Bertz CT molecular complexity index is 303. The van der Waals surface area contributed by atoms with Crippen molar-refractivity contribution in [3.63, 3.8) is 0 Å². The monoisotopic (exact) mass is 337 g/mol. The van der Waals surface area contributed by atoms with Gasteiger partial charge in [0.2, 0.25) is 0 Å². The van der Waals surface area contributed by atoms with Crippen LogP contribution in [0.15, 0.2) is 0 Å². The Morgan fingerprint density at radius 3 is 1.53 bits per heavy atom. The summed E-state index contributed by atoms with van der Waals surface area (Å²) in [4.78, 5) is 25.1. The van der Waals surface area contributed by atoms with E-state index in [9.17, 15) is 9.59 Å². The summed E-state index contributed by atoms with van der Waals surface area (Å²) in [6.45, 7) is 12.2. The van der Waals surface area contributed by atoms with Crippen molar-refractivity contribution in [3.05, 3.63) is 0 Å². The number of rotatable bonds is 2. The Morgan fingerprint density at radius 2 is 1.32 bits per heavy atom. The fourth-order valence-electron chi connectivity index (χ4n) is 1.13. The molecule has 2 amide bonds. The van der Waals surface area contributed by atoms with Crippen molar-refractivity contribution in [3.8, 4) is 0 Å². The molecule has 0 fully saturated rings. The molecule has 19 heavy (non-hydrogen) atoms. The number of nitrogens with zero attached hydrogens (tertiary/aromatic N) is 1. The van der Waals surface area contributed by atoms with Crippen LogP contribution in [0, 0.1) is 0 Å². The number of hydrogen-bond donors (Lipinski definition) is 0. The van der Waals surface area contributed by atoms with Gasteiger partial charge in [-0.1, -0.05) is 15.9 Å². The zero-order chi connectivity index (χ0) is 15.4. The SMILES string of the molecule is CC(CBr)N(C(=O)OC(C)(C)C)C(=O)OC(C)(C)C. The standard InChI is InChI=1S/C13H24BrNO4/c1-9(8-14)15(10(16)18-12(2,3)4)11(17)19-13(5,6)7/h9H,8H2,1-7H3. The Labute approximate surface area is 123 Å². The Balaban J connectivity index is 5.02. The third-order valence-electron chi connectivity index (χ3n) is 1.84. The van der Waals surface area contributed by atoms with E-state index in [2.05, 4.69) is 15.9 Å². The summed E-state index contributed by atoms with van der Waals surface area (Å²) < 4.78 is 10.4. The van der Waals surface area contributed by atoms with Crippen LogP contribution >= 0.6 is 15.9 Å². The van der Waals surface area contributed by atoms with Gasteiger partial charge in [-0.05, 0) is 48.5 Å². The lowest BCUT2D eigenvalue weighted by Crippen LogP contribution is -2.48. The first-order chi connectivity index (χ1) is 8.37. The number of alkyl halides is 1. The number of carbonyl (C=O) groups is 2. The zero-order valence-electron chi connectivity index (χ0n) is 12.7. The van der Waals surface area contributed by atoms with Crippen molar-refractivity contribution in [2.24, 2.45) is 0 Å². The van der Waals surface area contributed by atoms with Crippen molar-refractivity contribution in [2.75, 3.05) is 5.33 Å². The molecule has 0 aliphatic carbocycles. The topological polar surface area (TPSA) is 55.8 Å². The van der Waals surface area contributed by atoms with Crippen LogP contribution in [0.4, 0.5) is 9.59 Å². The van der Waals surface area contributed by atoms with Gasteiger partial charge in [0, 0.05) is 5.33 Å². The van der Waals surface area contributed by atoms with Crippen LogP contribution in [0.2, 0.25) is 0 Å². The number of carbonyl (C=O) groups excluding carboxylic acids is 2. The first-order valence-corrected chi connectivity index (χ1v) is 7.30. The van der Waals surface area contributed by atoms with Gasteiger partial charge >= 0.3 is 12.2 Å². The maximum absolute atomic E-state index is 12.1. The summed E-state index contributed by atoms with van der Waals surface area (Å²) in [5.41, 5.74) is -1.33. The van der Waals surface area contributed by atoms with E-state index in [1.54, 1.807) is 48.5 Å². The van der Waals surface area contributed by atoms with Crippen LogP contribution in [0.5, 0.6) is 0 Å². The van der Waals surface area contributed by atoms with E-state index in [0.29, 0.717) is 5.33 Å². The van der Waals surface area contributed by atoms with E-state index in [1.807, 2.05) is 0 Å². The number of amides is 2. The van der Waals surface area contributed by atoms with E-state index >= 15 is 0 Å². The lowest BCUT2D eigenvalue weighted by atomic mass is 10.2. The molecular formula is C13H24BrNO4. The van der Waals surface area contributed by atoms with Crippen molar-refractivity contribution in [2.45, 2.75) is 65.7 Å². The third kappa shape index (κ3) is 7.40. The van der Waals surface area contributed by atoms with Gasteiger partial charge < -0.3 is 9.47 Å². The number of halogens is 1. The summed E-state index contributed by atoms with van der Waals surface area (Å²) in [6.07, 6.45) is -1.40. The second-order valence-electron chi connectivity index (χ2n) is 6.33. The second-order valence-corrected chi connectivity index (χ2v) is 6.98. The average molecular weight is 338 g/mol. The minimum atomic E-state index is -0.700. The van der Waals surface area contributed by atoms with Crippen LogP contribution in [0.1, 0.15) is 48.5 Å². The van der Waals surface area contributed by atoms with E-state index in [4.69, 9.17) is 9.47 Å². The second kappa shape index (κ2) is 6.59. The molecule has 0 aromatic rings. The molecule has 0 saturated carbocycles.